The first-order chi connectivity index (χ1) is 12.8. The first-order valence-corrected chi connectivity index (χ1v) is 9.23. The molecule has 3 rings (SSSR count). The number of halogens is 3. The van der Waals surface area contributed by atoms with Crippen LogP contribution in [0.15, 0.2) is 53.6 Å². The van der Waals surface area contributed by atoms with Gasteiger partial charge in [-0.05, 0) is 35.9 Å². The van der Waals surface area contributed by atoms with Crippen LogP contribution in [0.25, 0.3) is 11.3 Å². The molecule has 0 atom stereocenters. The van der Waals surface area contributed by atoms with Gasteiger partial charge in [0.05, 0.1) is 11.9 Å². The zero-order valence-electron chi connectivity index (χ0n) is 13.9. The fourth-order valence-electron chi connectivity index (χ4n) is 2.36. The molecule has 28 heavy (non-hydrogen) atoms. The Labute approximate surface area is 163 Å². The van der Waals surface area contributed by atoms with E-state index in [2.05, 4.69) is 14.7 Å². The summed E-state index contributed by atoms with van der Waals surface area (Å²) in [4.78, 5) is 6.91. The average molecular weight is 431 g/mol. The molecule has 0 aliphatic carbocycles. The Bertz CT molecular complexity index is 1120. The Morgan fingerprint density at radius 3 is 2.57 bits per heavy atom. The predicted molar refractivity (Wildman–Crippen MR) is 98.2 cm³/mol. The summed E-state index contributed by atoms with van der Waals surface area (Å²) in [5.41, 5.74) is -0.337. The topological polar surface area (TPSA) is 143 Å². The summed E-state index contributed by atoms with van der Waals surface area (Å²) in [6, 6.07) is 8.49. The summed E-state index contributed by atoms with van der Waals surface area (Å²) in [7, 11) is -4.27. The molecule has 8 nitrogen and oxygen atoms in total. The highest BCUT2D eigenvalue weighted by atomic mass is 35.5. The molecule has 12 heteroatoms. The van der Waals surface area contributed by atoms with Crippen LogP contribution in [-0.2, 0) is 10.0 Å². The predicted octanol–water partition coefficient (Wildman–Crippen LogP) is 1.74. The number of nitrogens with one attached hydrogen (secondary N) is 1. The van der Waals surface area contributed by atoms with Crippen LogP contribution in [0.4, 0.5) is 20.2 Å². The van der Waals surface area contributed by atoms with Gasteiger partial charge in [-0.15, -0.1) is 0 Å². The summed E-state index contributed by atoms with van der Waals surface area (Å²) in [6.07, 6.45) is 0.813. The maximum atomic E-state index is 14.1. The van der Waals surface area contributed by atoms with E-state index in [-0.39, 0.29) is 38.3 Å². The Hall–Kier alpha value is -2.70. The maximum absolute atomic E-state index is 14.1. The molecule has 0 bridgehead atoms. The van der Waals surface area contributed by atoms with Crippen molar-refractivity contribution in [3.63, 3.8) is 0 Å². The highest BCUT2D eigenvalue weighted by molar-refractivity contribution is 7.92. The normalized spacial score (nSPS) is 11.0. The zero-order chi connectivity index (χ0) is 19.6. The number of benzene rings is 2. The summed E-state index contributed by atoms with van der Waals surface area (Å²) >= 11 is 5.68. The molecule has 0 aliphatic heterocycles. The van der Waals surface area contributed by atoms with E-state index < -0.39 is 21.7 Å². The van der Waals surface area contributed by atoms with E-state index in [4.69, 9.17) is 11.6 Å². The van der Waals surface area contributed by atoms with Crippen molar-refractivity contribution in [2.24, 2.45) is 0 Å². The molecular formula is C16H13ClF2N4O4S. The minimum atomic E-state index is -4.27. The number of rotatable bonds is 5. The Morgan fingerprint density at radius 2 is 1.86 bits per heavy atom. The van der Waals surface area contributed by atoms with Gasteiger partial charge < -0.3 is 16.2 Å². The second-order valence-electron chi connectivity index (χ2n) is 5.29. The monoisotopic (exact) mass is 430 g/mol. The van der Waals surface area contributed by atoms with Crippen LogP contribution in [0, 0.1) is 16.8 Å². The van der Waals surface area contributed by atoms with Crippen LogP contribution in [0.1, 0.15) is 0 Å². The number of hydrogen-bond acceptors (Lipinski definition) is 5. The molecule has 2 aromatic carbocycles. The van der Waals surface area contributed by atoms with Gasteiger partial charge in [0.1, 0.15) is 22.1 Å². The minimum absolute atomic E-state index is 0. The molecule has 1 aromatic heterocycles. The lowest BCUT2D eigenvalue weighted by Gasteiger charge is -2.14. The van der Waals surface area contributed by atoms with Gasteiger partial charge in [0.2, 0.25) is 5.28 Å². The molecule has 0 saturated carbocycles. The van der Waals surface area contributed by atoms with Gasteiger partial charge >= 0.3 is 0 Å². The first kappa shape index (κ1) is 21.6. The highest BCUT2D eigenvalue weighted by Gasteiger charge is 2.23. The minimum Gasteiger partial charge on any atom is -0.630 e. The Balaban J connectivity index is 0.00000280. The van der Waals surface area contributed by atoms with Crippen molar-refractivity contribution in [2.45, 2.75) is 4.90 Å². The quantitative estimate of drug-likeness (QED) is 0.360. The van der Waals surface area contributed by atoms with Gasteiger partial charge in [0, 0.05) is 11.6 Å². The number of sulfonamides is 1. The molecule has 1 heterocycles. The molecule has 0 unspecified atom stereocenters. The van der Waals surface area contributed by atoms with Crippen molar-refractivity contribution >= 4 is 33.0 Å². The van der Waals surface area contributed by atoms with Gasteiger partial charge in [-0.2, -0.15) is 0 Å². The van der Waals surface area contributed by atoms with Crippen LogP contribution >= 0.6 is 11.6 Å². The Kier molecular flexibility index (Phi) is 6.59. The van der Waals surface area contributed by atoms with Crippen molar-refractivity contribution in [1.29, 1.82) is 0 Å². The van der Waals surface area contributed by atoms with Crippen molar-refractivity contribution in [3.05, 3.63) is 70.8 Å². The van der Waals surface area contributed by atoms with E-state index in [1.165, 1.54) is 24.3 Å². The molecule has 0 saturated heterocycles. The number of aromatic nitrogens is 2. The lowest BCUT2D eigenvalue weighted by Crippen LogP contribution is -2.70. The molecule has 148 valence electrons. The highest BCUT2D eigenvalue weighted by Crippen LogP contribution is 2.32. The molecule has 5 N–H and O–H groups in total. The van der Waals surface area contributed by atoms with E-state index in [0.29, 0.717) is 5.48 Å². The van der Waals surface area contributed by atoms with Crippen molar-refractivity contribution in [2.75, 3.05) is 4.72 Å². The van der Waals surface area contributed by atoms with E-state index >= 15 is 0 Å². The number of hydrogen-bond donors (Lipinski definition) is 2. The van der Waals surface area contributed by atoms with Crippen molar-refractivity contribution < 1.29 is 28.2 Å². The van der Waals surface area contributed by atoms with Crippen molar-refractivity contribution in [1.82, 2.24) is 9.97 Å². The molecule has 0 amide bonds. The third-order valence-electron chi connectivity index (χ3n) is 3.53. The third kappa shape index (κ3) is 4.40. The van der Waals surface area contributed by atoms with E-state index in [0.717, 1.165) is 24.4 Å². The largest absolute Gasteiger partial charge is 0.630 e. The fraction of sp³-hybridized carbons (Fsp3) is 0. The van der Waals surface area contributed by atoms with Crippen LogP contribution in [-0.4, -0.2) is 23.9 Å². The van der Waals surface area contributed by atoms with E-state index in [1.807, 2.05) is 0 Å². The van der Waals surface area contributed by atoms with Crippen molar-refractivity contribution in [3.8, 4) is 11.3 Å². The molecule has 0 aliphatic rings. The lowest BCUT2D eigenvalue weighted by atomic mass is 10.1. The Morgan fingerprint density at radius 1 is 1.14 bits per heavy atom. The second kappa shape index (κ2) is 8.54. The smallest absolute Gasteiger partial charge is 0.267 e. The van der Waals surface area contributed by atoms with Gasteiger partial charge in [-0.25, -0.2) is 27.2 Å². The SMILES string of the molecule is O.O=S(=O)(Nc1cc(F)ccc1-c1nc(Cl)ncc1F)c1ccccc1[NH2+][O-]. The summed E-state index contributed by atoms with van der Waals surface area (Å²) in [5, 5.41) is 10.8. The van der Waals surface area contributed by atoms with Crippen LogP contribution in [0.2, 0.25) is 5.28 Å². The number of anilines is 1. The lowest BCUT2D eigenvalue weighted by molar-refractivity contribution is -0.499. The third-order valence-corrected chi connectivity index (χ3v) is 5.15. The molecule has 0 spiro atoms. The van der Waals surface area contributed by atoms with Crippen LogP contribution in [0.5, 0.6) is 0 Å². The summed E-state index contributed by atoms with van der Waals surface area (Å²) < 4.78 is 55.4. The molecule has 3 aromatic rings. The van der Waals surface area contributed by atoms with Gasteiger partial charge in [0.15, 0.2) is 5.82 Å². The zero-order valence-corrected chi connectivity index (χ0v) is 15.4. The van der Waals surface area contributed by atoms with Gasteiger partial charge in [-0.1, -0.05) is 12.1 Å². The van der Waals surface area contributed by atoms with Crippen LogP contribution in [0.3, 0.4) is 0 Å². The fourth-order valence-corrected chi connectivity index (χ4v) is 3.75. The van der Waals surface area contributed by atoms with E-state index in [9.17, 15) is 22.4 Å². The molecular weight excluding hydrogens is 418 g/mol. The maximum Gasteiger partial charge on any atom is 0.267 e. The van der Waals surface area contributed by atoms with Gasteiger partial charge in [-0.3, -0.25) is 4.72 Å². The number of nitrogens with two attached hydrogens (primary N) is 1. The molecule has 0 radical (unpaired) electrons. The first-order valence-electron chi connectivity index (χ1n) is 7.37. The second-order valence-corrected chi connectivity index (χ2v) is 7.28. The van der Waals surface area contributed by atoms with E-state index in [1.54, 1.807) is 0 Å². The average Bonchev–Trinajstić information content (AvgIpc) is 2.64. The van der Waals surface area contributed by atoms with Gasteiger partial charge in [0.25, 0.3) is 10.0 Å². The number of nitrogens with zero attached hydrogens (tertiary/aromatic N) is 2. The summed E-state index contributed by atoms with van der Waals surface area (Å²) in [6.45, 7) is 0. The summed E-state index contributed by atoms with van der Waals surface area (Å²) in [5.74, 6) is -1.64. The molecule has 0 fully saturated rings. The van der Waals surface area contributed by atoms with Crippen LogP contribution < -0.4 is 10.2 Å². The standard InChI is InChI=1S/C16H11ClF2N4O3S.H2O/c17-16-20-8-11(19)15(21-16)10-6-5-9(18)7-13(10)23-27(25,26)14-4-2-1-3-12(14)22-24;/h1-8,23H,22H2;1H2. The number of quaternary nitrogens is 1.